The van der Waals surface area contributed by atoms with Gasteiger partial charge in [0.05, 0.1) is 16.9 Å². The Kier molecular flexibility index (Phi) is 4.78. The van der Waals surface area contributed by atoms with E-state index in [-0.39, 0.29) is 17.5 Å². The average molecular weight is 277 g/mol. The third kappa shape index (κ3) is 4.24. The molecule has 0 saturated carbocycles. The van der Waals surface area contributed by atoms with E-state index in [1.54, 1.807) is 13.8 Å². The van der Waals surface area contributed by atoms with E-state index < -0.39 is 21.2 Å². The number of aliphatic carboxylic acids is 1. The number of carboxylic acids is 1. The zero-order valence-corrected chi connectivity index (χ0v) is 12.2. The number of carboxylic acid groups (broad SMARTS) is 1. The molecule has 1 fully saturated rings. The summed E-state index contributed by atoms with van der Waals surface area (Å²) in [5.74, 6) is -0.341. The van der Waals surface area contributed by atoms with Gasteiger partial charge in [-0.25, -0.2) is 8.42 Å². The van der Waals surface area contributed by atoms with Gasteiger partial charge in [0, 0.05) is 12.6 Å². The minimum Gasteiger partial charge on any atom is -0.481 e. The SMILES string of the molecule is CC1CS(=O)(=O)CCN1CCCC(C)(C)C(=O)O. The van der Waals surface area contributed by atoms with Crippen molar-refractivity contribution in [2.75, 3.05) is 24.6 Å². The molecule has 0 aromatic rings. The van der Waals surface area contributed by atoms with Crippen molar-refractivity contribution in [2.45, 2.75) is 39.7 Å². The summed E-state index contributed by atoms with van der Waals surface area (Å²) < 4.78 is 22.8. The van der Waals surface area contributed by atoms with Gasteiger partial charge in [-0.3, -0.25) is 9.69 Å². The number of hydrogen-bond donors (Lipinski definition) is 1. The zero-order chi connectivity index (χ0) is 14.0. The van der Waals surface area contributed by atoms with Gasteiger partial charge in [0.25, 0.3) is 0 Å². The molecule has 1 saturated heterocycles. The Hall–Kier alpha value is -0.620. The van der Waals surface area contributed by atoms with Gasteiger partial charge in [-0.15, -0.1) is 0 Å². The monoisotopic (exact) mass is 277 g/mol. The second-order valence-electron chi connectivity index (χ2n) is 5.79. The highest BCUT2D eigenvalue weighted by Gasteiger charge is 2.30. The van der Waals surface area contributed by atoms with Crippen LogP contribution in [0.3, 0.4) is 0 Å². The zero-order valence-electron chi connectivity index (χ0n) is 11.3. The van der Waals surface area contributed by atoms with E-state index in [0.29, 0.717) is 13.0 Å². The van der Waals surface area contributed by atoms with Crippen LogP contribution in [0.5, 0.6) is 0 Å². The van der Waals surface area contributed by atoms with Crippen molar-refractivity contribution < 1.29 is 18.3 Å². The van der Waals surface area contributed by atoms with Gasteiger partial charge in [-0.05, 0) is 40.2 Å². The second-order valence-corrected chi connectivity index (χ2v) is 8.02. The molecular weight excluding hydrogens is 254 g/mol. The van der Waals surface area contributed by atoms with Crippen LogP contribution in [0.25, 0.3) is 0 Å². The fraction of sp³-hybridized carbons (Fsp3) is 0.917. The van der Waals surface area contributed by atoms with Crippen LogP contribution in [-0.4, -0.2) is 55.0 Å². The number of nitrogens with zero attached hydrogens (tertiary/aromatic N) is 1. The molecule has 0 radical (unpaired) electrons. The van der Waals surface area contributed by atoms with Gasteiger partial charge >= 0.3 is 5.97 Å². The van der Waals surface area contributed by atoms with Crippen LogP contribution in [0.1, 0.15) is 33.6 Å². The Labute approximate surface area is 109 Å². The second kappa shape index (κ2) is 5.57. The molecule has 1 aliphatic heterocycles. The highest BCUT2D eigenvalue weighted by molar-refractivity contribution is 7.91. The molecule has 1 atom stereocenters. The van der Waals surface area contributed by atoms with Gasteiger partial charge < -0.3 is 5.11 Å². The smallest absolute Gasteiger partial charge is 0.309 e. The lowest BCUT2D eigenvalue weighted by molar-refractivity contribution is -0.147. The first kappa shape index (κ1) is 15.4. The Morgan fingerprint density at radius 2 is 2.06 bits per heavy atom. The van der Waals surface area contributed by atoms with E-state index >= 15 is 0 Å². The Balaban J connectivity index is 2.39. The summed E-state index contributed by atoms with van der Waals surface area (Å²) in [5.41, 5.74) is -0.703. The molecule has 1 heterocycles. The number of sulfone groups is 1. The molecule has 106 valence electrons. The highest BCUT2D eigenvalue weighted by atomic mass is 32.2. The maximum Gasteiger partial charge on any atom is 0.309 e. The topological polar surface area (TPSA) is 74.7 Å². The summed E-state index contributed by atoms with van der Waals surface area (Å²) in [6.45, 7) is 6.70. The van der Waals surface area contributed by atoms with Gasteiger partial charge in [0.1, 0.15) is 0 Å². The highest BCUT2D eigenvalue weighted by Crippen LogP contribution is 2.23. The molecule has 18 heavy (non-hydrogen) atoms. The van der Waals surface area contributed by atoms with Crippen LogP contribution in [0.2, 0.25) is 0 Å². The van der Waals surface area contributed by atoms with Crippen molar-refractivity contribution >= 4 is 15.8 Å². The first-order valence-electron chi connectivity index (χ1n) is 6.32. The van der Waals surface area contributed by atoms with E-state index in [1.165, 1.54) is 0 Å². The first-order valence-corrected chi connectivity index (χ1v) is 8.14. The quantitative estimate of drug-likeness (QED) is 0.811. The summed E-state index contributed by atoms with van der Waals surface area (Å²) in [5, 5.41) is 9.01. The van der Waals surface area contributed by atoms with Crippen LogP contribution in [-0.2, 0) is 14.6 Å². The molecular formula is C12H23NO4S. The van der Waals surface area contributed by atoms with E-state index in [2.05, 4.69) is 4.90 Å². The number of hydrogen-bond acceptors (Lipinski definition) is 4. The number of carbonyl (C=O) groups is 1. The van der Waals surface area contributed by atoms with Gasteiger partial charge in [0.2, 0.25) is 0 Å². The molecule has 0 amide bonds. The third-order valence-electron chi connectivity index (χ3n) is 3.63. The molecule has 0 bridgehead atoms. The number of rotatable bonds is 5. The van der Waals surface area contributed by atoms with Crippen LogP contribution in [0.15, 0.2) is 0 Å². The van der Waals surface area contributed by atoms with Crippen LogP contribution in [0.4, 0.5) is 0 Å². The third-order valence-corrected chi connectivity index (χ3v) is 5.43. The lowest BCUT2D eigenvalue weighted by Gasteiger charge is -2.33. The van der Waals surface area contributed by atoms with Crippen LogP contribution in [0, 0.1) is 5.41 Å². The first-order chi connectivity index (χ1) is 8.14. The summed E-state index contributed by atoms with van der Waals surface area (Å²) in [6.07, 6.45) is 1.39. The fourth-order valence-corrected chi connectivity index (χ4v) is 3.82. The predicted octanol–water partition coefficient (Wildman–Crippen LogP) is 0.996. The molecule has 6 heteroatoms. The van der Waals surface area contributed by atoms with E-state index in [0.717, 1.165) is 13.0 Å². The normalized spacial score (nSPS) is 24.9. The molecule has 0 aromatic heterocycles. The molecule has 5 nitrogen and oxygen atoms in total. The molecule has 1 aliphatic rings. The van der Waals surface area contributed by atoms with Crippen molar-refractivity contribution in [2.24, 2.45) is 5.41 Å². The van der Waals surface area contributed by atoms with Crippen molar-refractivity contribution in [3.8, 4) is 0 Å². The van der Waals surface area contributed by atoms with Crippen LogP contribution < -0.4 is 0 Å². The van der Waals surface area contributed by atoms with Gasteiger partial charge in [0.15, 0.2) is 9.84 Å². The van der Waals surface area contributed by atoms with Crippen molar-refractivity contribution in [1.82, 2.24) is 4.90 Å². The fourth-order valence-electron chi connectivity index (χ4n) is 2.20. The molecule has 1 rings (SSSR count). The van der Waals surface area contributed by atoms with Crippen molar-refractivity contribution in [3.05, 3.63) is 0 Å². The average Bonchev–Trinajstić information content (AvgIpc) is 2.20. The maximum atomic E-state index is 11.4. The molecule has 1 N–H and O–H groups in total. The lowest BCUT2D eigenvalue weighted by atomic mass is 9.88. The van der Waals surface area contributed by atoms with Crippen molar-refractivity contribution in [3.63, 3.8) is 0 Å². The van der Waals surface area contributed by atoms with Crippen molar-refractivity contribution in [1.29, 1.82) is 0 Å². The summed E-state index contributed by atoms with van der Waals surface area (Å²) in [4.78, 5) is 13.1. The maximum absolute atomic E-state index is 11.4. The Morgan fingerprint density at radius 3 is 2.56 bits per heavy atom. The molecule has 0 spiro atoms. The summed E-state index contributed by atoms with van der Waals surface area (Å²) >= 11 is 0. The Bertz CT molecular complexity index is 402. The van der Waals surface area contributed by atoms with Gasteiger partial charge in [-0.1, -0.05) is 0 Å². The molecule has 0 aromatic carbocycles. The largest absolute Gasteiger partial charge is 0.481 e. The minimum atomic E-state index is -2.87. The molecule has 1 unspecified atom stereocenters. The van der Waals surface area contributed by atoms with Gasteiger partial charge in [-0.2, -0.15) is 0 Å². The lowest BCUT2D eigenvalue weighted by Crippen LogP contribution is -2.47. The summed E-state index contributed by atoms with van der Waals surface area (Å²) in [6, 6.07) is 0.0386. The van der Waals surface area contributed by atoms with E-state index in [1.807, 2.05) is 6.92 Å². The molecule has 0 aliphatic carbocycles. The standard InChI is InChI=1S/C12H23NO4S/c1-10-9-18(16,17)8-7-13(10)6-4-5-12(2,3)11(14)15/h10H,4-9H2,1-3H3,(H,14,15). The predicted molar refractivity (Wildman–Crippen MR) is 70.3 cm³/mol. The van der Waals surface area contributed by atoms with E-state index in [4.69, 9.17) is 5.11 Å². The summed E-state index contributed by atoms with van der Waals surface area (Å²) in [7, 11) is -2.87. The minimum absolute atomic E-state index is 0.0386. The van der Waals surface area contributed by atoms with E-state index in [9.17, 15) is 13.2 Å². The Morgan fingerprint density at radius 1 is 1.44 bits per heavy atom. The van der Waals surface area contributed by atoms with Crippen LogP contribution >= 0.6 is 0 Å².